The largest absolute Gasteiger partial charge is 0.367 e. The number of hydrogen-bond donors (Lipinski definition) is 1. The Bertz CT molecular complexity index is 338. The van der Waals surface area contributed by atoms with Crippen molar-refractivity contribution >= 4 is 5.97 Å². The fourth-order valence-electron chi connectivity index (χ4n) is 1.80. The van der Waals surface area contributed by atoms with Gasteiger partial charge in [-0.15, -0.1) is 0 Å². The van der Waals surface area contributed by atoms with Crippen molar-refractivity contribution in [3.63, 3.8) is 0 Å². The van der Waals surface area contributed by atoms with Crippen LogP contribution in [-0.4, -0.2) is 12.5 Å². The normalized spacial score (nSPS) is 12.1. The van der Waals surface area contributed by atoms with Crippen LogP contribution >= 0.6 is 0 Å². The van der Waals surface area contributed by atoms with E-state index in [2.05, 4.69) is 19.3 Å². The first-order valence-electron chi connectivity index (χ1n) is 6.77. The zero-order chi connectivity index (χ0) is 13.2. The summed E-state index contributed by atoms with van der Waals surface area (Å²) in [6.07, 6.45) is 4.73. The zero-order valence-electron chi connectivity index (χ0n) is 11.3. The van der Waals surface area contributed by atoms with Crippen molar-refractivity contribution in [1.82, 2.24) is 5.48 Å². The maximum absolute atomic E-state index is 11.6. The number of nitrogens with one attached hydrogen (secondary N) is 1. The second-order valence-electron chi connectivity index (χ2n) is 4.52. The number of carbonyl (C=O) groups is 1. The highest BCUT2D eigenvalue weighted by Gasteiger charge is 2.09. The van der Waals surface area contributed by atoms with Crippen molar-refractivity contribution in [2.45, 2.75) is 39.5 Å². The molecule has 3 nitrogen and oxygen atoms in total. The molecule has 1 atom stereocenters. The van der Waals surface area contributed by atoms with E-state index < -0.39 is 0 Å². The van der Waals surface area contributed by atoms with Crippen LogP contribution in [0.2, 0.25) is 0 Å². The molecular weight excluding hydrogens is 226 g/mol. The van der Waals surface area contributed by atoms with Crippen molar-refractivity contribution in [3.8, 4) is 0 Å². The van der Waals surface area contributed by atoms with E-state index in [1.54, 1.807) is 12.1 Å². The molecule has 1 rings (SSSR count). The number of hydroxylamine groups is 1. The van der Waals surface area contributed by atoms with Crippen LogP contribution in [0, 0.1) is 5.92 Å². The van der Waals surface area contributed by atoms with E-state index in [1.165, 1.54) is 19.3 Å². The van der Waals surface area contributed by atoms with E-state index in [0.29, 0.717) is 11.5 Å². The summed E-state index contributed by atoms with van der Waals surface area (Å²) in [4.78, 5) is 16.7. The van der Waals surface area contributed by atoms with Crippen LogP contribution in [0.5, 0.6) is 0 Å². The van der Waals surface area contributed by atoms with E-state index in [0.717, 1.165) is 13.0 Å². The van der Waals surface area contributed by atoms with Crippen LogP contribution in [0.4, 0.5) is 0 Å². The third-order valence-corrected chi connectivity index (χ3v) is 3.09. The van der Waals surface area contributed by atoms with Gasteiger partial charge in [-0.3, -0.25) is 0 Å². The molecule has 0 saturated carbocycles. The molecule has 1 aromatic carbocycles. The third-order valence-electron chi connectivity index (χ3n) is 3.09. The van der Waals surface area contributed by atoms with E-state index in [4.69, 9.17) is 4.84 Å². The summed E-state index contributed by atoms with van der Waals surface area (Å²) in [5, 5.41) is 0. The molecule has 0 heterocycles. The minimum absolute atomic E-state index is 0.319. The minimum Gasteiger partial charge on any atom is -0.367 e. The molecule has 0 aromatic heterocycles. The van der Waals surface area contributed by atoms with Crippen molar-refractivity contribution in [2.75, 3.05) is 6.54 Å². The topological polar surface area (TPSA) is 38.3 Å². The minimum atomic E-state index is -0.319. The summed E-state index contributed by atoms with van der Waals surface area (Å²) in [6.45, 7) is 5.09. The second kappa shape index (κ2) is 8.70. The predicted molar refractivity (Wildman–Crippen MR) is 73.2 cm³/mol. The van der Waals surface area contributed by atoms with E-state index in [9.17, 15) is 4.79 Å². The van der Waals surface area contributed by atoms with Gasteiger partial charge in [0.2, 0.25) is 0 Å². The number of rotatable bonds is 8. The molecule has 0 amide bonds. The lowest BCUT2D eigenvalue weighted by molar-refractivity contribution is 0.0217. The van der Waals surface area contributed by atoms with Crippen molar-refractivity contribution in [2.24, 2.45) is 5.92 Å². The molecule has 0 saturated heterocycles. The van der Waals surface area contributed by atoms with Crippen molar-refractivity contribution in [1.29, 1.82) is 0 Å². The molecule has 0 aliphatic rings. The highest BCUT2D eigenvalue weighted by atomic mass is 16.7. The highest BCUT2D eigenvalue weighted by molar-refractivity contribution is 5.89. The Morgan fingerprint density at radius 1 is 1.28 bits per heavy atom. The Hall–Kier alpha value is -1.35. The van der Waals surface area contributed by atoms with Gasteiger partial charge < -0.3 is 4.84 Å². The molecule has 1 aromatic rings. The van der Waals surface area contributed by atoms with E-state index in [-0.39, 0.29) is 5.97 Å². The Kier molecular flexibility index (Phi) is 7.11. The lowest BCUT2D eigenvalue weighted by Gasteiger charge is -2.14. The van der Waals surface area contributed by atoms with Crippen LogP contribution in [0.25, 0.3) is 0 Å². The lowest BCUT2D eigenvalue weighted by Crippen LogP contribution is -2.26. The molecule has 0 aliphatic heterocycles. The zero-order valence-corrected chi connectivity index (χ0v) is 11.3. The summed E-state index contributed by atoms with van der Waals surface area (Å²) in [6, 6.07) is 9.03. The maximum atomic E-state index is 11.6. The van der Waals surface area contributed by atoms with Gasteiger partial charge in [0.15, 0.2) is 0 Å². The average Bonchev–Trinajstić information content (AvgIpc) is 2.43. The summed E-state index contributed by atoms with van der Waals surface area (Å²) >= 11 is 0. The highest BCUT2D eigenvalue weighted by Crippen LogP contribution is 2.11. The maximum Gasteiger partial charge on any atom is 0.356 e. The summed E-state index contributed by atoms with van der Waals surface area (Å²) in [5.74, 6) is 0.259. The van der Waals surface area contributed by atoms with Gasteiger partial charge in [0.05, 0.1) is 5.56 Å². The molecule has 0 bridgehead atoms. The lowest BCUT2D eigenvalue weighted by atomic mass is 10.00. The second-order valence-corrected chi connectivity index (χ2v) is 4.52. The van der Waals surface area contributed by atoms with Crippen molar-refractivity contribution in [3.05, 3.63) is 35.9 Å². The van der Waals surface area contributed by atoms with Crippen LogP contribution in [-0.2, 0) is 4.84 Å². The summed E-state index contributed by atoms with van der Waals surface area (Å²) in [5.41, 5.74) is 3.37. The van der Waals surface area contributed by atoms with Gasteiger partial charge in [0, 0.05) is 6.54 Å². The molecule has 0 radical (unpaired) electrons. The Morgan fingerprint density at radius 2 is 2.00 bits per heavy atom. The standard InChI is InChI=1S/C15H23NO2/c1-3-5-9-13(4-2)12-16-18-15(17)14-10-7-6-8-11-14/h6-8,10-11,13,16H,3-5,9,12H2,1-2H3. The Morgan fingerprint density at radius 3 is 2.61 bits per heavy atom. The van der Waals surface area contributed by atoms with Gasteiger partial charge in [0.1, 0.15) is 0 Å². The predicted octanol–water partition coefficient (Wildman–Crippen LogP) is 3.56. The van der Waals surface area contributed by atoms with Gasteiger partial charge in [0.25, 0.3) is 0 Å². The third kappa shape index (κ3) is 5.32. The van der Waals surface area contributed by atoms with Gasteiger partial charge in [-0.05, 0) is 24.5 Å². The molecule has 0 fully saturated rings. The molecular formula is C15H23NO2. The molecule has 0 spiro atoms. The van der Waals surface area contributed by atoms with Gasteiger partial charge in [-0.2, -0.15) is 5.48 Å². The smallest absolute Gasteiger partial charge is 0.356 e. The number of carbonyl (C=O) groups excluding carboxylic acids is 1. The molecule has 1 N–H and O–H groups in total. The first-order chi connectivity index (χ1) is 8.77. The SMILES string of the molecule is CCCCC(CC)CNOC(=O)c1ccccc1. The number of benzene rings is 1. The van der Waals surface area contributed by atoms with E-state index >= 15 is 0 Å². The number of unbranched alkanes of at least 4 members (excludes halogenated alkanes) is 1. The monoisotopic (exact) mass is 249 g/mol. The van der Waals surface area contributed by atoms with Crippen LogP contribution in [0.3, 0.4) is 0 Å². The molecule has 18 heavy (non-hydrogen) atoms. The molecule has 100 valence electrons. The summed E-state index contributed by atoms with van der Waals surface area (Å²) < 4.78 is 0. The Balaban J connectivity index is 2.26. The summed E-state index contributed by atoms with van der Waals surface area (Å²) in [7, 11) is 0. The number of hydrogen-bond acceptors (Lipinski definition) is 3. The molecule has 1 unspecified atom stereocenters. The van der Waals surface area contributed by atoms with Crippen LogP contribution in [0.1, 0.15) is 49.9 Å². The first kappa shape index (κ1) is 14.7. The Labute approximate surface area is 109 Å². The fraction of sp³-hybridized carbons (Fsp3) is 0.533. The fourth-order valence-corrected chi connectivity index (χ4v) is 1.80. The van der Waals surface area contributed by atoms with Gasteiger partial charge in [-0.1, -0.05) is 51.3 Å². The van der Waals surface area contributed by atoms with E-state index in [1.807, 2.05) is 18.2 Å². The molecule has 3 heteroatoms. The molecule has 0 aliphatic carbocycles. The average molecular weight is 249 g/mol. The van der Waals surface area contributed by atoms with Crippen molar-refractivity contribution < 1.29 is 9.63 Å². The van der Waals surface area contributed by atoms with Gasteiger partial charge in [-0.25, -0.2) is 4.79 Å². The quantitative estimate of drug-likeness (QED) is 0.716. The van der Waals surface area contributed by atoms with Crippen LogP contribution in [0.15, 0.2) is 30.3 Å². The van der Waals surface area contributed by atoms with Crippen LogP contribution < -0.4 is 5.48 Å². The first-order valence-corrected chi connectivity index (χ1v) is 6.77. The van der Waals surface area contributed by atoms with Gasteiger partial charge >= 0.3 is 5.97 Å².